The molecule has 3 heterocycles. The van der Waals surface area contributed by atoms with Gasteiger partial charge in [-0.1, -0.05) is 29.8 Å². The van der Waals surface area contributed by atoms with Crippen LogP contribution in [0.25, 0.3) is 17.2 Å². The third-order valence-electron chi connectivity index (χ3n) is 3.82. The van der Waals surface area contributed by atoms with Gasteiger partial charge >= 0.3 is 0 Å². The number of nitrogens with zero attached hydrogens (tertiary/aromatic N) is 3. The van der Waals surface area contributed by atoms with E-state index in [9.17, 15) is 4.79 Å². The summed E-state index contributed by atoms with van der Waals surface area (Å²) in [5.74, 6) is 0.0610. The lowest BCUT2D eigenvalue weighted by molar-refractivity contribution is 0.0965. The van der Waals surface area contributed by atoms with Crippen LogP contribution in [-0.4, -0.2) is 15.9 Å². The highest BCUT2D eigenvalue weighted by molar-refractivity contribution is 6.30. The van der Waals surface area contributed by atoms with Crippen molar-refractivity contribution >= 4 is 35.1 Å². The zero-order chi connectivity index (χ0) is 17.2. The molecule has 0 saturated heterocycles. The van der Waals surface area contributed by atoms with Crippen LogP contribution >= 0.6 is 11.6 Å². The maximum absolute atomic E-state index is 12.1. The maximum Gasteiger partial charge on any atom is 0.281 e. The van der Waals surface area contributed by atoms with Gasteiger partial charge in [-0.2, -0.15) is 0 Å². The number of rotatable bonds is 3. The van der Waals surface area contributed by atoms with E-state index in [0.717, 1.165) is 16.8 Å². The minimum absolute atomic E-state index is 0.313. The lowest BCUT2D eigenvalue weighted by atomic mass is 10.1. The van der Waals surface area contributed by atoms with Crippen molar-refractivity contribution in [3.05, 3.63) is 77.3 Å². The predicted octanol–water partition coefficient (Wildman–Crippen LogP) is 4.27. The van der Waals surface area contributed by atoms with E-state index in [0.29, 0.717) is 22.1 Å². The molecule has 4 rings (SSSR count). The minimum Gasteiger partial charge on any atom is -0.339 e. The van der Waals surface area contributed by atoms with Gasteiger partial charge in [-0.15, -0.1) is 0 Å². The van der Waals surface area contributed by atoms with Crippen LogP contribution < -0.4 is 10.6 Å². The number of amides is 1. The number of fused-ring (bicyclic) bond motifs is 1. The summed E-state index contributed by atoms with van der Waals surface area (Å²) in [7, 11) is 0. The number of carbonyl (C=O) groups is 1. The Morgan fingerprint density at radius 3 is 2.64 bits per heavy atom. The highest BCUT2D eigenvalue weighted by Crippen LogP contribution is 2.29. The third-order valence-corrected chi connectivity index (χ3v) is 4.01. The van der Waals surface area contributed by atoms with Crippen LogP contribution in [0.1, 0.15) is 15.9 Å². The molecule has 0 bridgehead atoms. The molecule has 0 atom stereocenters. The van der Waals surface area contributed by atoms with Crippen LogP contribution in [0.4, 0.5) is 11.5 Å². The molecule has 6 heteroatoms. The van der Waals surface area contributed by atoms with Gasteiger partial charge in [-0.25, -0.2) is 10.3 Å². The summed E-state index contributed by atoms with van der Waals surface area (Å²) in [5, 5.41) is 7.28. The van der Waals surface area contributed by atoms with Gasteiger partial charge in [-0.05, 0) is 47.0 Å². The van der Waals surface area contributed by atoms with Crippen molar-refractivity contribution in [2.24, 2.45) is 0 Å². The highest BCUT2D eigenvalue weighted by atomic mass is 35.5. The molecular formula is C19H12ClN4O. The Balaban J connectivity index is 1.66. The highest BCUT2D eigenvalue weighted by Gasteiger charge is 2.21. The Hall–Kier alpha value is -3.18. The summed E-state index contributed by atoms with van der Waals surface area (Å²) in [6, 6.07) is 13.3. The fourth-order valence-electron chi connectivity index (χ4n) is 2.64. The molecule has 2 aromatic heterocycles. The minimum atomic E-state index is -0.337. The summed E-state index contributed by atoms with van der Waals surface area (Å²) in [4.78, 5) is 20.5. The first-order valence-corrected chi connectivity index (χ1v) is 7.98. The zero-order valence-corrected chi connectivity index (χ0v) is 13.7. The Kier molecular flexibility index (Phi) is 3.91. The van der Waals surface area contributed by atoms with Gasteiger partial charge in [0.05, 0.1) is 5.56 Å². The summed E-state index contributed by atoms with van der Waals surface area (Å²) in [6.07, 6.45) is 6.75. The second-order valence-electron chi connectivity index (χ2n) is 5.45. The summed E-state index contributed by atoms with van der Waals surface area (Å²) < 4.78 is 0. The number of nitrogens with one attached hydrogen (secondary N) is 1. The molecule has 0 spiro atoms. The Labute approximate surface area is 149 Å². The molecule has 3 aromatic rings. The summed E-state index contributed by atoms with van der Waals surface area (Å²) >= 11 is 6.07. The molecule has 1 aliphatic heterocycles. The van der Waals surface area contributed by atoms with Gasteiger partial charge in [0.15, 0.2) is 0 Å². The average molecular weight is 348 g/mol. The first-order chi connectivity index (χ1) is 12.2. The first-order valence-electron chi connectivity index (χ1n) is 7.60. The number of hydrogen-bond acceptors (Lipinski definition) is 4. The number of hydrogen-bond donors (Lipinski definition) is 1. The molecular weight excluding hydrogens is 336 g/mol. The van der Waals surface area contributed by atoms with Crippen LogP contribution in [0.5, 0.6) is 0 Å². The van der Waals surface area contributed by atoms with E-state index in [1.54, 1.807) is 18.3 Å². The van der Waals surface area contributed by atoms with Gasteiger partial charge < -0.3 is 5.32 Å². The van der Waals surface area contributed by atoms with Gasteiger partial charge in [0.2, 0.25) is 0 Å². The van der Waals surface area contributed by atoms with Crippen molar-refractivity contribution in [1.82, 2.24) is 15.3 Å². The van der Waals surface area contributed by atoms with Crippen LogP contribution in [0.3, 0.4) is 0 Å². The van der Waals surface area contributed by atoms with E-state index in [1.165, 1.54) is 6.20 Å². The molecule has 5 nitrogen and oxygen atoms in total. The lowest BCUT2D eigenvalue weighted by Crippen LogP contribution is -2.18. The van der Waals surface area contributed by atoms with Gasteiger partial charge in [-0.3, -0.25) is 9.78 Å². The largest absolute Gasteiger partial charge is 0.339 e. The molecule has 25 heavy (non-hydrogen) atoms. The molecule has 121 valence electrons. The van der Waals surface area contributed by atoms with Crippen LogP contribution in [-0.2, 0) is 0 Å². The molecule has 0 saturated carbocycles. The molecule has 0 aliphatic carbocycles. The SMILES string of the molecule is O=C1[N]C=Cc2cc(Cl)nc(Nc3ccc(-c4cccnc4)cc3)c21. The Morgan fingerprint density at radius 2 is 1.88 bits per heavy atom. The second-order valence-corrected chi connectivity index (χ2v) is 5.84. The summed E-state index contributed by atoms with van der Waals surface area (Å²) in [5.41, 5.74) is 4.00. The molecule has 1 amide bonds. The first kappa shape index (κ1) is 15.4. The fourth-order valence-corrected chi connectivity index (χ4v) is 2.85. The average Bonchev–Trinajstić information content (AvgIpc) is 2.63. The number of halogens is 1. The number of pyridine rings is 2. The van der Waals surface area contributed by atoms with Crippen LogP contribution in [0.2, 0.25) is 5.15 Å². The van der Waals surface area contributed by atoms with Crippen LogP contribution in [0.15, 0.2) is 61.1 Å². The standard InChI is InChI=1S/C19H12ClN4O/c20-16-10-13-7-9-22-19(25)17(13)18(24-16)23-15-5-3-12(4-6-15)14-2-1-8-21-11-14/h1-11H,(H,23,24). The number of carbonyl (C=O) groups excluding carboxylic acids is 1. The molecule has 1 radical (unpaired) electrons. The molecule has 1 aromatic carbocycles. The number of aromatic nitrogens is 2. The van der Waals surface area contributed by atoms with Crippen molar-refractivity contribution in [2.75, 3.05) is 5.32 Å². The van der Waals surface area contributed by atoms with E-state index >= 15 is 0 Å². The van der Waals surface area contributed by atoms with Crippen molar-refractivity contribution in [3.8, 4) is 11.1 Å². The monoisotopic (exact) mass is 347 g/mol. The number of anilines is 2. The molecule has 0 fully saturated rings. The molecule has 0 unspecified atom stereocenters. The van der Waals surface area contributed by atoms with E-state index in [2.05, 4.69) is 20.6 Å². The molecule has 1 aliphatic rings. The Bertz CT molecular complexity index is 969. The van der Waals surface area contributed by atoms with E-state index < -0.39 is 0 Å². The van der Waals surface area contributed by atoms with Gasteiger partial charge in [0.1, 0.15) is 11.0 Å². The zero-order valence-electron chi connectivity index (χ0n) is 13.0. The van der Waals surface area contributed by atoms with Crippen LogP contribution in [0, 0.1) is 0 Å². The predicted molar refractivity (Wildman–Crippen MR) is 97.7 cm³/mol. The van der Waals surface area contributed by atoms with E-state index in [-0.39, 0.29) is 5.91 Å². The summed E-state index contributed by atoms with van der Waals surface area (Å²) in [6.45, 7) is 0. The fraction of sp³-hybridized carbons (Fsp3) is 0. The molecule has 1 N–H and O–H groups in total. The quantitative estimate of drug-likeness (QED) is 0.718. The van der Waals surface area contributed by atoms with E-state index in [1.807, 2.05) is 42.6 Å². The van der Waals surface area contributed by atoms with Crippen molar-refractivity contribution in [1.29, 1.82) is 0 Å². The van der Waals surface area contributed by atoms with Crippen molar-refractivity contribution < 1.29 is 4.79 Å². The number of benzene rings is 1. The normalized spacial score (nSPS) is 12.4. The van der Waals surface area contributed by atoms with E-state index in [4.69, 9.17) is 11.6 Å². The van der Waals surface area contributed by atoms with Gasteiger partial charge in [0, 0.05) is 24.3 Å². The smallest absolute Gasteiger partial charge is 0.281 e. The topological polar surface area (TPSA) is 69.0 Å². The van der Waals surface area contributed by atoms with Crippen molar-refractivity contribution in [3.63, 3.8) is 0 Å². The third kappa shape index (κ3) is 3.09. The second kappa shape index (κ2) is 6.37. The lowest BCUT2D eigenvalue weighted by Gasteiger charge is -2.15. The maximum atomic E-state index is 12.1. The van der Waals surface area contributed by atoms with Crippen molar-refractivity contribution in [2.45, 2.75) is 0 Å². The Morgan fingerprint density at radius 1 is 1.04 bits per heavy atom. The van der Waals surface area contributed by atoms with Gasteiger partial charge in [0.25, 0.3) is 5.91 Å².